The van der Waals surface area contributed by atoms with Crippen LogP contribution in [0, 0.1) is 0 Å². The molecule has 2 nitrogen and oxygen atoms in total. The Kier molecular flexibility index (Phi) is 3.00. The highest BCUT2D eigenvalue weighted by atomic mass is 28.3. The molecule has 2 heterocycles. The summed E-state index contributed by atoms with van der Waals surface area (Å²) in [6.07, 6.45) is 0. The number of rotatable bonds is 1. The molecule has 0 radical (unpaired) electrons. The quantitative estimate of drug-likeness (QED) is 0.282. The SMILES string of the molecule is C[Si](C)(C)c1cc2ccc3oc4ccccc4c3c2c2c1oc1ccccc12. The summed E-state index contributed by atoms with van der Waals surface area (Å²) in [5, 5.41) is 8.63. The van der Waals surface area contributed by atoms with E-state index in [9.17, 15) is 0 Å². The third-order valence-electron chi connectivity index (χ3n) is 5.77. The highest BCUT2D eigenvalue weighted by Gasteiger charge is 2.26. The minimum absolute atomic E-state index is 0.931. The second kappa shape index (κ2) is 5.27. The van der Waals surface area contributed by atoms with E-state index in [0.29, 0.717) is 0 Å². The maximum Gasteiger partial charge on any atom is 0.136 e. The van der Waals surface area contributed by atoms with E-state index in [1.165, 1.54) is 32.1 Å². The molecule has 0 aliphatic carbocycles. The van der Waals surface area contributed by atoms with Gasteiger partial charge in [0.1, 0.15) is 22.3 Å². The van der Waals surface area contributed by atoms with Gasteiger partial charge in [0.15, 0.2) is 0 Å². The maximum atomic E-state index is 6.46. The second-order valence-electron chi connectivity index (χ2n) is 8.61. The first-order valence-corrected chi connectivity index (χ1v) is 13.2. The maximum absolute atomic E-state index is 6.46. The van der Waals surface area contributed by atoms with Gasteiger partial charge in [-0.1, -0.05) is 68.2 Å². The molecular weight excluding hydrogens is 360 g/mol. The molecule has 136 valence electrons. The van der Waals surface area contributed by atoms with Crippen molar-refractivity contribution in [2.75, 3.05) is 0 Å². The second-order valence-corrected chi connectivity index (χ2v) is 13.7. The van der Waals surface area contributed by atoms with Crippen molar-refractivity contribution in [3.05, 3.63) is 66.7 Å². The Morgan fingerprint density at radius 3 is 1.96 bits per heavy atom. The monoisotopic (exact) mass is 380 g/mol. The lowest BCUT2D eigenvalue weighted by Gasteiger charge is -2.18. The molecule has 0 fully saturated rings. The smallest absolute Gasteiger partial charge is 0.136 e. The highest BCUT2D eigenvalue weighted by molar-refractivity contribution is 6.90. The normalized spacial score (nSPS) is 12.8. The van der Waals surface area contributed by atoms with Crippen molar-refractivity contribution in [1.82, 2.24) is 0 Å². The third-order valence-corrected chi connectivity index (χ3v) is 7.76. The van der Waals surface area contributed by atoms with Crippen LogP contribution in [-0.4, -0.2) is 8.07 Å². The summed E-state index contributed by atoms with van der Waals surface area (Å²) < 4.78 is 12.6. The lowest BCUT2D eigenvalue weighted by Crippen LogP contribution is -2.37. The highest BCUT2D eigenvalue weighted by Crippen LogP contribution is 2.41. The molecule has 28 heavy (non-hydrogen) atoms. The molecule has 0 aliphatic rings. The van der Waals surface area contributed by atoms with Gasteiger partial charge in [0, 0.05) is 26.9 Å². The van der Waals surface area contributed by atoms with Crippen molar-refractivity contribution in [3.8, 4) is 0 Å². The van der Waals surface area contributed by atoms with Crippen LogP contribution in [0.4, 0.5) is 0 Å². The van der Waals surface area contributed by atoms with Crippen molar-refractivity contribution < 1.29 is 8.83 Å². The Labute approximate surface area is 163 Å². The predicted molar refractivity (Wildman–Crippen MR) is 121 cm³/mol. The fourth-order valence-electron chi connectivity index (χ4n) is 4.48. The number of fused-ring (bicyclic) bond motifs is 9. The van der Waals surface area contributed by atoms with E-state index in [1.54, 1.807) is 0 Å². The molecule has 0 amide bonds. The van der Waals surface area contributed by atoms with Gasteiger partial charge < -0.3 is 8.83 Å². The molecular formula is C25H20O2Si. The molecule has 0 saturated carbocycles. The lowest BCUT2D eigenvalue weighted by atomic mass is 9.98. The summed E-state index contributed by atoms with van der Waals surface area (Å²) in [6.45, 7) is 7.14. The molecule has 0 bridgehead atoms. The molecule has 6 rings (SSSR count). The van der Waals surface area contributed by atoms with Crippen molar-refractivity contribution in [2.24, 2.45) is 0 Å². The van der Waals surface area contributed by atoms with E-state index in [-0.39, 0.29) is 0 Å². The molecule has 0 unspecified atom stereocenters. The van der Waals surface area contributed by atoms with Crippen molar-refractivity contribution in [3.63, 3.8) is 0 Å². The molecule has 0 spiro atoms. The lowest BCUT2D eigenvalue weighted by molar-refractivity contribution is 0.669. The van der Waals surface area contributed by atoms with Crippen molar-refractivity contribution in [2.45, 2.75) is 19.6 Å². The number of hydrogen-bond acceptors (Lipinski definition) is 2. The van der Waals surface area contributed by atoms with Crippen LogP contribution in [0.15, 0.2) is 75.6 Å². The van der Waals surface area contributed by atoms with Gasteiger partial charge in [-0.2, -0.15) is 0 Å². The van der Waals surface area contributed by atoms with E-state index in [4.69, 9.17) is 8.83 Å². The van der Waals surface area contributed by atoms with Crippen LogP contribution in [0.5, 0.6) is 0 Å². The standard InChI is InChI=1S/C25H20O2Si/c1-28(2,3)21-14-15-12-13-20-23(16-8-4-6-10-18(16)26-20)22(15)24-17-9-5-7-11-19(17)27-25(21)24/h4-14H,1-3H3. The summed E-state index contributed by atoms with van der Waals surface area (Å²) in [4.78, 5) is 0. The molecule has 0 aliphatic heterocycles. The fraction of sp³-hybridized carbons (Fsp3) is 0.120. The van der Waals surface area contributed by atoms with Crippen molar-refractivity contribution >= 4 is 67.9 Å². The molecule has 6 aromatic rings. The molecule has 4 aromatic carbocycles. The van der Waals surface area contributed by atoms with Gasteiger partial charge in [0.2, 0.25) is 0 Å². The Morgan fingerprint density at radius 2 is 1.25 bits per heavy atom. The number of para-hydroxylation sites is 2. The van der Waals surface area contributed by atoms with Gasteiger partial charge in [0.25, 0.3) is 0 Å². The van der Waals surface area contributed by atoms with Gasteiger partial charge in [0.05, 0.1) is 8.07 Å². The first-order valence-electron chi connectivity index (χ1n) is 9.71. The molecule has 0 atom stereocenters. The number of hydrogen-bond donors (Lipinski definition) is 0. The van der Waals surface area contributed by atoms with Crippen molar-refractivity contribution in [1.29, 1.82) is 0 Å². The minimum atomic E-state index is -1.60. The average molecular weight is 381 g/mol. The van der Waals surface area contributed by atoms with Crippen LogP contribution >= 0.6 is 0 Å². The summed E-state index contributed by atoms with van der Waals surface area (Å²) in [6, 6.07) is 23.4. The van der Waals surface area contributed by atoms with Crippen LogP contribution in [0.2, 0.25) is 19.6 Å². The Morgan fingerprint density at radius 1 is 0.607 bits per heavy atom. The topological polar surface area (TPSA) is 26.3 Å². The minimum Gasteiger partial charge on any atom is -0.456 e. The summed E-state index contributed by atoms with van der Waals surface area (Å²) in [5.41, 5.74) is 3.86. The molecule has 3 heteroatoms. The zero-order valence-corrected chi connectivity index (χ0v) is 17.2. The van der Waals surface area contributed by atoms with Gasteiger partial charge >= 0.3 is 0 Å². The van der Waals surface area contributed by atoms with Crippen LogP contribution in [0.3, 0.4) is 0 Å². The Balaban J connectivity index is 1.99. The predicted octanol–water partition coefficient (Wildman–Crippen LogP) is 7.18. The van der Waals surface area contributed by atoms with Crippen LogP contribution in [0.1, 0.15) is 0 Å². The van der Waals surface area contributed by atoms with Crippen LogP contribution in [0.25, 0.3) is 54.6 Å². The first-order chi connectivity index (χ1) is 13.5. The zero-order valence-electron chi connectivity index (χ0n) is 16.2. The van der Waals surface area contributed by atoms with Crippen LogP contribution in [-0.2, 0) is 0 Å². The largest absolute Gasteiger partial charge is 0.456 e. The van der Waals surface area contributed by atoms with Crippen LogP contribution < -0.4 is 5.19 Å². The zero-order chi connectivity index (χ0) is 19.0. The average Bonchev–Trinajstić information content (AvgIpc) is 3.24. The molecule has 0 N–H and O–H groups in total. The summed E-state index contributed by atoms with van der Waals surface area (Å²) in [5.74, 6) is 0. The van der Waals surface area contributed by atoms with E-state index < -0.39 is 8.07 Å². The number of furan rings is 2. The van der Waals surface area contributed by atoms with E-state index in [2.05, 4.69) is 68.2 Å². The Hall–Kier alpha value is -3.04. The van der Waals surface area contributed by atoms with Gasteiger partial charge in [-0.05, 0) is 28.8 Å². The number of benzene rings is 4. The van der Waals surface area contributed by atoms with Gasteiger partial charge in [-0.15, -0.1) is 0 Å². The fourth-order valence-corrected chi connectivity index (χ4v) is 5.93. The van der Waals surface area contributed by atoms with Gasteiger partial charge in [-0.25, -0.2) is 0 Å². The Bertz CT molecular complexity index is 1540. The van der Waals surface area contributed by atoms with Gasteiger partial charge in [-0.3, -0.25) is 0 Å². The third kappa shape index (κ3) is 2.02. The molecule has 2 aromatic heterocycles. The van der Waals surface area contributed by atoms with E-state index >= 15 is 0 Å². The first kappa shape index (κ1) is 16.0. The van der Waals surface area contributed by atoms with E-state index in [1.807, 2.05) is 18.2 Å². The summed E-state index contributed by atoms with van der Waals surface area (Å²) in [7, 11) is -1.60. The molecule has 0 saturated heterocycles. The summed E-state index contributed by atoms with van der Waals surface area (Å²) >= 11 is 0. The van der Waals surface area contributed by atoms with E-state index in [0.717, 1.165) is 27.7 Å².